The van der Waals surface area contributed by atoms with Crippen molar-refractivity contribution in [1.29, 1.82) is 5.26 Å². The molecule has 0 aromatic heterocycles. The summed E-state index contributed by atoms with van der Waals surface area (Å²) in [7, 11) is 0. The molecule has 3 nitrogen and oxygen atoms in total. The van der Waals surface area contributed by atoms with E-state index in [0.717, 1.165) is 6.42 Å². The molecular formula is C13H17ClN2O. The van der Waals surface area contributed by atoms with Gasteiger partial charge in [-0.1, -0.05) is 24.9 Å². The maximum Gasteiger partial charge on any atom is 0.101 e. The van der Waals surface area contributed by atoms with Gasteiger partial charge in [0, 0.05) is 11.6 Å². The van der Waals surface area contributed by atoms with Gasteiger partial charge in [-0.3, -0.25) is 0 Å². The zero-order valence-electron chi connectivity index (χ0n) is 10.1. The van der Waals surface area contributed by atoms with Gasteiger partial charge in [-0.2, -0.15) is 5.26 Å². The summed E-state index contributed by atoms with van der Waals surface area (Å²) in [5.41, 5.74) is 0.419. The molecule has 17 heavy (non-hydrogen) atoms. The van der Waals surface area contributed by atoms with Crippen LogP contribution in [0.5, 0.6) is 0 Å². The van der Waals surface area contributed by atoms with E-state index in [4.69, 9.17) is 16.9 Å². The van der Waals surface area contributed by atoms with Gasteiger partial charge in [0.15, 0.2) is 0 Å². The highest BCUT2D eigenvalue weighted by atomic mass is 35.5. The summed E-state index contributed by atoms with van der Waals surface area (Å²) in [6.07, 6.45) is 1.62. The number of hydrogen-bond donors (Lipinski definition) is 2. The fraction of sp³-hybridized carbons (Fsp3) is 0.462. The van der Waals surface area contributed by atoms with E-state index in [2.05, 4.69) is 11.4 Å². The van der Waals surface area contributed by atoms with Crippen molar-refractivity contribution in [1.82, 2.24) is 0 Å². The molecule has 1 rings (SSSR count). The topological polar surface area (TPSA) is 56.0 Å². The Morgan fingerprint density at radius 2 is 2.24 bits per heavy atom. The lowest BCUT2D eigenvalue weighted by Gasteiger charge is -2.24. The van der Waals surface area contributed by atoms with E-state index in [1.807, 2.05) is 6.92 Å². The number of aliphatic hydroxyl groups is 1. The molecule has 4 heteroatoms. The van der Waals surface area contributed by atoms with E-state index >= 15 is 0 Å². The van der Waals surface area contributed by atoms with E-state index < -0.39 is 5.60 Å². The lowest BCUT2D eigenvalue weighted by atomic mass is 10.0. The summed E-state index contributed by atoms with van der Waals surface area (Å²) in [5.74, 6) is 0. The molecule has 0 aliphatic rings. The second kappa shape index (κ2) is 5.90. The SMILES string of the molecule is CCCC(C)(O)CNc1cc(Cl)ccc1C#N. The monoisotopic (exact) mass is 252 g/mol. The van der Waals surface area contributed by atoms with Crippen LogP contribution in [-0.2, 0) is 0 Å². The van der Waals surface area contributed by atoms with Crippen LogP contribution in [0.3, 0.4) is 0 Å². The van der Waals surface area contributed by atoms with Gasteiger partial charge in [-0.05, 0) is 31.5 Å². The molecule has 1 aromatic carbocycles. The summed E-state index contributed by atoms with van der Waals surface area (Å²) in [5, 5.41) is 22.6. The number of nitriles is 1. The predicted molar refractivity (Wildman–Crippen MR) is 70.2 cm³/mol. The zero-order chi connectivity index (χ0) is 12.9. The maximum atomic E-state index is 10.0. The van der Waals surface area contributed by atoms with Gasteiger partial charge in [-0.15, -0.1) is 0 Å². The van der Waals surface area contributed by atoms with Gasteiger partial charge in [0.1, 0.15) is 6.07 Å². The van der Waals surface area contributed by atoms with Gasteiger partial charge in [0.05, 0.1) is 16.9 Å². The van der Waals surface area contributed by atoms with Gasteiger partial charge >= 0.3 is 0 Å². The molecule has 0 radical (unpaired) electrons. The van der Waals surface area contributed by atoms with E-state index in [1.165, 1.54) is 0 Å². The van der Waals surface area contributed by atoms with Crippen molar-refractivity contribution < 1.29 is 5.11 Å². The first-order chi connectivity index (χ1) is 7.98. The van der Waals surface area contributed by atoms with Gasteiger partial charge in [0.25, 0.3) is 0 Å². The summed E-state index contributed by atoms with van der Waals surface area (Å²) in [6.45, 7) is 4.20. The average Bonchev–Trinajstić information content (AvgIpc) is 2.27. The van der Waals surface area contributed by atoms with Crippen molar-refractivity contribution in [3.8, 4) is 6.07 Å². The predicted octanol–water partition coefficient (Wildman–Crippen LogP) is 3.17. The molecule has 1 atom stereocenters. The molecule has 0 aliphatic carbocycles. The van der Waals surface area contributed by atoms with Crippen molar-refractivity contribution in [3.63, 3.8) is 0 Å². The number of benzene rings is 1. The highest BCUT2D eigenvalue weighted by Crippen LogP contribution is 2.22. The van der Waals surface area contributed by atoms with Crippen LogP contribution in [-0.4, -0.2) is 17.3 Å². The fourth-order valence-corrected chi connectivity index (χ4v) is 1.84. The van der Waals surface area contributed by atoms with Crippen LogP contribution in [0.2, 0.25) is 5.02 Å². The number of anilines is 1. The molecule has 0 spiro atoms. The first kappa shape index (κ1) is 13.8. The number of hydrogen-bond acceptors (Lipinski definition) is 3. The van der Waals surface area contributed by atoms with E-state index in [9.17, 15) is 5.11 Å². The Morgan fingerprint density at radius 3 is 2.82 bits per heavy atom. The summed E-state index contributed by atoms with van der Waals surface area (Å²) >= 11 is 5.87. The largest absolute Gasteiger partial charge is 0.388 e. The second-order valence-electron chi connectivity index (χ2n) is 4.40. The van der Waals surface area contributed by atoms with Crippen molar-refractivity contribution in [3.05, 3.63) is 28.8 Å². The Hall–Kier alpha value is -1.24. The maximum absolute atomic E-state index is 10.0. The Morgan fingerprint density at radius 1 is 1.53 bits per heavy atom. The lowest BCUT2D eigenvalue weighted by Crippen LogP contribution is -2.33. The molecule has 2 N–H and O–H groups in total. The average molecular weight is 253 g/mol. The second-order valence-corrected chi connectivity index (χ2v) is 4.84. The van der Waals surface area contributed by atoms with Crippen molar-refractivity contribution >= 4 is 17.3 Å². The van der Waals surface area contributed by atoms with Gasteiger partial charge in [-0.25, -0.2) is 0 Å². The van der Waals surface area contributed by atoms with Gasteiger partial charge < -0.3 is 10.4 Å². The molecule has 0 saturated carbocycles. The Bertz CT molecular complexity index is 424. The number of nitrogens with one attached hydrogen (secondary N) is 1. The molecule has 0 amide bonds. The van der Waals surface area contributed by atoms with Crippen molar-refractivity contribution in [2.24, 2.45) is 0 Å². The molecule has 1 aromatic rings. The van der Waals surface area contributed by atoms with Crippen LogP contribution in [0.25, 0.3) is 0 Å². The molecule has 0 heterocycles. The van der Waals surface area contributed by atoms with E-state index in [1.54, 1.807) is 25.1 Å². The summed E-state index contributed by atoms with van der Waals surface area (Å²) in [4.78, 5) is 0. The molecule has 0 saturated heterocycles. The third-order valence-corrected chi connectivity index (χ3v) is 2.79. The first-order valence-corrected chi connectivity index (χ1v) is 6.02. The third kappa shape index (κ3) is 4.26. The molecule has 1 unspecified atom stereocenters. The first-order valence-electron chi connectivity index (χ1n) is 5.64. The number of rotatable bonds is 5. The van der Waals surface area contributed by atoms with Crippen molar-refractivity contribution in [2.75, 3.05) is 11.9 Å². The number of halogens is 1. The summed E-state index contributed by atoms with van der Waals surface area (Å²) < 4.78 is 0. The Kier molecular flexibility index (Phi) is 4.80. The molecule has 0 aliphatic heterocycles. The minimum atomic E-state index is -0.774. The normalized spacial score (nSPS) is 13.8. The standard InChI is InChI=1S/C13H17ClN2O/c1-3-6-13(2,17)9-16-12-7-11(14)5-4-10(12)8-15/h4-5,7,16-17H,3,6,9H2,1-2H3. The minimum Gasteiger partial charge on any atom is -0.388 e. The van der Waals surface area contributed by atoms with Crippen LogP contribution >= 0.6 is 11.6 Å². The Balaban J connectivity index is 2.75. The lowest BCUT2D eigenvalue weighted by molar-refractivity contribution is 0.0637. The van der Waals surface area contributed by atoms with Crippen molar-refractivity contribution in [2.45, 2.75) is 32.3 Å². The van der Waals surface area contributed by atoms with Crippen LogP contribution in [0.15, 0.2) is 18.2 Å². The highest BCUT2D eigenvalue weighted by molar-refractivity contribution is 6.30. The summed E-state index contributed by atoms with van der Waals surface area (Å²) in [6, 6.07) is 7.13. The van der Waals surface area contributed by atoms with Crippen LogP contribution < -0.4 is 5.32 Å². The smallest absolute Gasteiger partial charge is 0.101 e. The minimum absolute atomic E-state index is 0.399. The highest BCUT2D eigenvalue weighted by Gasteiger charge is 2.19. The fourth-order valence-electron chi connectivity index (χ4n) is 1.67. The molecule has 0 bridgehead atoms. The van der Waals surface area contributed by atoms with E-state index in [0.29, 0.717) is 29.2 Å². The quantitative estimate of drug-likeness (QED) is 0.846. The van der Waals surface area contributed by atoms with E-state index in [-0.39, 0.29) is 0 Å². The van der Waals surface area contributed by atoms with Gasteiger partial charge in [0.2, 0.25) is 0 Å². The number of nitrogens with zero attached hydrogens (tertiary/aromatic N) is 1. The third-order valence-electron chi connectivity index (χ3n) is 2.55. The van der Waals surface area contributed by atoms with Crippen LogP contribution in [0.4, 0.5) is 5.69 Å². The molecule has 0 fully saturated rings. The molecule has 92 valence electrons. The Labute approximate surface area is 107 Å². The zero-order valence-corrected chi connectivity index (χ0v) is 10.9. The van der Waals surface area contributed by atoms with Crippen LogP contribution in [0, 0.1) is 11.3 Å². The van der Waals surface area contributed by atoms with Crippen LogP contribution in [0.1, 0.15) is 32.3 Å². The molecular weight excluding hydrogens is 236 g/mol.